The molecule has 0 unspecified atom stereocenters. The van der Waals surface area contributed by atoms with Crippen LogP contribution in [-0.2, 0) is 17.8 Å². The Labute approximate surface area is 201 Å². The molecule has 2 aromatic carbocycles. The zero-order valence-corrected chi connectivity index (χ0v) is 20.0. The van der Waals surface area contributed by atoms with E-state index < -0.39 is 0 Å². The highest BCUT2D eigenvalue weighted by Crippen LogP contribution is 2.26. The predicted octanol–water partition coefficient (Wildman–Crippen LogP) is 3.21. The third kappa shape index (κ3) is 7.05. The molecule has 0 bridgehead atoms. The molecule has 1 saturated heterocycles. The van der Waals surface area contributed by atoms with Gasteiger partial charge >= 0.3 is 0 Å². The summed E-state index contributed by atoms with van der Waals surface area (Å²) in [6, 6.07) is 15.5. The monoisotopic (exact) mass is 465 g/mol. The number of ether oxygens (including phenoxy) is 2. The molecule has 1 aliphatic rings. The lowest BCUT2D eigenvalue weighted by Gasteiger charge is -2.28. The molecule has 182 valence electrons. The molecule has 2 aromatic rings. The zero-order valence-electron chi connectivity index (χ0n) is 20.0. The normalized spacial score (nSPS) is 13.7. The van der Waals surface area contributed by atoms with Gasteiger partial charge in [-0.2, -0.15) is 0 Å². The van der Waals surface area contributed by atoms with E-state index in [1.54, 1.807) is 25.2 Å². The van der Waals surface area contributed by atoms with E-state index in [0.29, 0.717) is 36.7 Å². The Kier molecular flexibility index (Phi) is 9.46. The summed E-state index contributed by atoms with van der Waals surface area (Å²) in [5, 5.41) is 23.7. The maximum atomic E-state index is 12.6. The van der Waals surface area contributed by atoms with Crippen molar-refractivity contribution in [1.29, 1.82) is 10.8 Å². The van der Waals surface area contributed by atoms with Gasteiger partial charge in [0.25, 0.3) is 0 Å². The van der Waals surface area contributed by atoms with Gasteiger partial charge in [-0.25, -0.2) is 0 Å². The number of amidine groups is 2. The Morgan fingerprint density at radius 2 is 1.79 bits per heavy atom. The second-order valence-corrected chi connectivity index (χ2v) is 8.38. The Balaban J connectivity index is 1.71. The molecule has 34 heavy (non-hydrogen) atoms. The standard InChI is InChI=1S/C26H35N5O3/c1-33-22-10-9-21(23(16-22)34-2)18-31(24(27)11-8-19-6-4-3-5-7-19)25(28)17-30-26(32)20-12-14-29-15-13-20/h3-7,9-10,16,20,27-29H,8,11-15,17-18H2,1-2H3,(H,30,32). The van der Waals surface area contributed by atoms with Gasteiger partial charge in [0, 0.05) is 24.0 Å². The first-order chi connectivity index (χ1) is 16.5. The summed E-state index contributed by atoms with van der Waals surface area (Å²) >= 11 is 0. The van der Waals surface area contributed by atoms with E-state index in [1.807, 2.05) is 42.5 Å². The Morgan fingerprint density at radius 1 is 1.06 bits per heavy atom. The summed E-state index contributed by atoms with van der Waals surface area (Å²) in [6.07, 6.45) is 2.79. The minimum atomic E-state index is -0.0262. The van der Waals surface area contributed by atoms with Crippen LogP contribution in [0.15, 0.2) is 48.5 Å². The van der Waals surface area contributed by atoms with Gasteiger partial charge in [0.05, 0.1) is 27.3 Å². The fraction of sp³-hybridized carbons (Fsp3) is 0.423. The summed E-state index contributed by atoms with van der Waals surface area (Å²) in [5.74, 6) is 1.76. The van der Waals surface area contributed by atoms with Crippen LogP contribution in [0, 0.1) is 16.7 Å². The molecule has 0 aliphatic carbocycles. The van der Waals surface area contributed by atoms with Gasteiger partial charge in [-0.1, -0.05) is 30.3 Å². The number of nitrogens with zero attached hydrogens (tertiary/aromatic N) is 1. The minimum absolute atomic E-state index is 0.0240. The van der Waals surface area contributed by atoms with Gasteiger partial charge in [-0.3, -0.25) is 15.6 Å². The van der Waals surface area contributed by atoms with Crippen LogP contribution in [0.5, 0.6) is 11.5 Å². The van der Waals surface area contributed by atoms with Crippen molar-refractivity contribution in [2.24, 2.45) is 5.92 Å². The fourth-order valence-corrected chi connectivity index (χ4v) is 4.04. The molecule has 1 amide bonds. The maximum Gasteiger partial charge on any atom is 0.223 e. The van der Waals surface area contributed by atoms with E-state index in [-0.39, 0.29) is 24.2 Å². The second kappa shape index (κ2) is 12.7. The summed E-state index contributed by atoms with van der Waals surface area (Å²) in [7, 11) is 3.19. The van der Waals surface area contributed by atoms with Gasteiger partial charge in [0.1, 0.15) is 23.2 Å². The average Bonchev–Trinajstić information content (AvgIpc) is 2.89. The fourth-order valence-electron chi connectivity index (χ4n) is 4.04. The lowest BCUT2D eigenvalue weighted by atomic mass is 9.97. The number of nitrogens with one attached hydrogen (secondary N) is 4. The van der Waals surface area contributed by atoms with Crippen LogP contribution in [0.25, 0.3) is 0 Å². The second-order valence-electron chi connectivity index (χ2n) is 8.38. The Bertz CT molecular complexity index is 974. The number of amides is 1. The average molecular weight is 466 g/mol. The SMILES string of the molecule is COc1ccc(CN(C(=N)CCc2ccccc2)C(=N)CNC(=O)C2CCNCC2)c(OC)c1. The highest BCUT2D eigenvalue weighted by Gasteiger charge is 2.23. The molecule has 0 saturated carbocycles. The van der Waals surface area contributed by atoms with Crippen molar-refractivity contribution < 1.29 is 14.3 Å². The first-order valence-corrected chi connectivity index (χ1v) is 11.7. The molecule has 3 rings (SSSR count). The van der Waals surface area contributed by atoms with E-state index in [0.717, 1.165) is 37.1 Å². The van der Waals surface area contributed by atoms with Gasteiger partial charge in [-0.05, 0) is 50.0 Å². The van der Waals surface area contributed by atoms with Crippen molar-refractivity contribution in [3.63, 3.8) is 0 Å². The topological polar surface area (TPSA) is 111 Å². The van der Waals surface area contributed by atoms with Crippen molar-refractivity contribution in [3.8, 4) is 11.5 Å². The van der Waals surface area contributed by atoms with E-state index >= 15 is 0 Å². The number of hydrogen-bond acceptors (Lipinski definition) is 6. The van der Waals surface area contributed by atoms with Crippen molar-refractivity contribution in [3.05, 3.63) is 59.7 Å². The van der Waals surface area contributed by atoms with Crippen LogP contribution in [0.2, 0.25) is 0 Å². The molecule has 1 fully saturated rings. The van der Waals surface area contributed by atoms with Crippen LogP contribution in [0.1, 0.15) is 30.4 Å². The van der Waals surface area contributed by atoms with Gasteiger partial charge in [-0.15, -0.1) is 0 Å². The minimum Gasteiger partial charge on any atom is -0.497 e. The third-order valence-electron chi connectivity index (χ3n) is 6.11. The summed E-state index contributed by atoms with van der Waals surface area (Å²) in [5.41, 5.74) is 1.97. The summed E-state index contributed by atoms with van der Waals surface area (Å²) in [4.78, 5) is 14.2. The maximum absolute atomic E-state index is 12.6. The first kappa shape index (κ1) is 25.2. The smallest absolute Gasteiger partial charge is 0.223 e. The van der Waals surface area contributed by atoms with Crippen LogP contribution < -0.4 is 20.1 Å². The van der Waals surface area contributed by atoms with Crippen LogP contribution in [-0.4, -0.2) is 56.3 Å². The van der Waals surface area contributed by atoms with Gasteiger partial charge in [0.15, 0.2) is 0 Å². The molecule has 8 nitrogen and oxygen atoms in total. The molecule has 0 spiro atoms. The van der Waals surface area contributed by atoms with Crippen LogP contribution >= 0.6 is 0 Å². The Morgan fingerprint density at radius 3 is 2.47 bits per heavy atom. The molecular weight excluding hydrogens is 430 g/mol. The predicted molar refractivity (Wildman–Crippen MR) is 134 cm³/mol. The number of hydrogen-bond donors (Lipinski definition) is 4. The van der Waals surface area contributed by atoms with Crippen LogP contribution in [0.4, 0.5) is 0 Å². The number of methoxy groups -OCH3 is 2. The van der Waals surface area contributed by atoms with Crippen molar-refractivity contribution >= 4 is 17.6 Å². The van der Waals surface area contributed by atoms with Crippen molar-refractivity contribution in [1.82, 2.24) is 15.5 Å². The van der Waals surface area contributed by atoms with Gasteiger partial charge < -0.3 is 25.0 Å². The first-order valence-electron chi connectivity index (χ1n) is 11.7. The van der Waals surface area contributed by atoms with E-state index in [4.69, 9.17) is 20.3 Å². The number of piperidine rings is 1. The highest BCUT2D eigenvalue weighted by molar-refractivity contribution is 6.00. The van der Waals surface area contributed by atoms with Crippen molar-refractivity contribution in [2.45, 2.75) is 32.2 Å². The highest BCUT2D eigenvalue weighted by atomic mass is 16.5. The number of aryl methyl sites for hydroxylation is 1. The number of carbonyl (C=O) groups is 1. The van der Waals surface area contributed by atoms with E-state index in [2.05, 4.69) is 10.6 Å². The molecule has 0 radical (unpaired) electrons. The summed E-state index contributed by atoms with van der Waals surface area (Å²) < 4.78 is 10.8. The van der Waals surface area contributed by atoms with E-state index in [9.17, 15) is 4.79 Å². The molecule has 1 heterocycles. The third-order valence-corrected chi connectivity index (χ3v) is 6.11. The molecule has 0 aromatic heterocycles. The quantitative estimate of drug-likeness (QED) is 0.318. The molecule has 1 aliphatic heterocycles. The molecular formula is C26H35N5O3. The number of carbonyl (C=O) groups excluding carboxylic acids is 1. The number of rotatable bonds is 10. The number of benzene rings is 2. The molecule has 8 heteroatoms. The Hall–Kier alpha value is -3.39. The van der Waals surface area contributed by atoms with Crippen LogP contribution in [0.3, 0.4) is 0 Å². The lowest BCUT2D eigenvalue weighted by Crippen LogP contribution is -2.45. The molecule has 0 atom stereocenters. The molecule has 4 N–H and O–H groups in total. The largest absolute Gasteiger partial charge is 0.497 e. The van der Waals surface area contributed by atoms with Crippen molar-refractivity contribution in [2.75, 3.05) is 33.9 Å². The van der Waals surface area contributed by atoms with Gasteiger partial charge in [0.2, 0.25) is 5.91 Å². The van der Waals surface area contributed by atoms with E-state index in [1.165, 1.54) is 0 Å². The lowest BCUT2D eigenvalue weighted by molar-refractivity contribution is -0.125. The zero-order chi connectivity index (χ0) is 24.3. The summed E-state index contributed by atoms with van der Waals surface area (Å²) in [6.45, 7) is 2.05.